The molecule has 2 aromatic rings. The molecule has 0 spiro atoms. The van der Waals surface area contributed by atoms with Gasteiger partial charge in [-0.3, -0.25) is 9.69 Å². The van der Waals surface area contributed by atoms with Crippen LogP contribution in [0.1, 0.15) is 24.8 Å². The van der Waals surface area contributed by atoms with E-state index in [1.54, 1.807) is 24.4 Å². The summed E-state index contributed by atoms with van der Waals surface area (Å²) >= 11 is 0. The lowest BCUT2D eigenvalue weighted by Gasteiger charge is -2.25. The smallest absolute Gasteiger partial charge is 0.238 e. The van der Waals surface area contributed by atoms with Crippen molar-refractivity contribution in [1.29, 1.82) is 0 Å². The fourth-order valence-corrected chi connectivity index (χ4v) is 3.57. The molecule has 4 rings (SSSR count). The molecule has 0 atom stereocenters. The molecule has 0 aliphatic carbocycles. The molecule has 1 saturated heterocycles. The number of nitrogens with zero attached hydrogens (tertiary/aromatic N) is 2. The molecule has 6 nitrogen and oxygen atoms in total. The standard InChI is InChI=1S/C20H23FN4O2/c21-16-12-14(24-19(26)13-25-10-2-1-3-11-25)4-5-18(16)27-17-7-9-23-20-15(17)6-8-22-20/h4-5,7,9,12H,1-3,6,8,10-11,13H2,(H,22,23)(H,24,26). The van der Waals surface area contributed by atoms with Crippen molar-refractivity contribution in [2.24, 2.45) is 0 Å². The Bertz CT molecular complexity index is 837. The highest BCUT2D eigenvalue weighted by Crippen LogP contribution is 2.34. The number of pyridine rings is 1. The van der Waals surface area contributed by atoms with E-state index in [9.17, 15) is 9.18 Å². The molecule has 142 valence electrons. The van der Waals surface area contributed by atoms with E-state index in [2.05, 4.69) is 20.5 Å². The largest absolute Gasteiger partial charge is 0.454 e. The summed E-state index contributed by atoms with van der Waals surface area (Å²) in [6, 6.07) is 6.23. The first kappa shape index (κ1) is 17.7. The maximum absolute atomic E-state index is 14.5. The Balaban J connectivity index is 1.40. The first-order chi connectivity index (χ1) is 13.2. The summed E-state index contributed by atoms with van der Waals surface area (Å²) in [7, 11) is 0. The summed E-state index contributed by atoms with van der Waals surface area (Å²) in [6.45, 7) is 3.03. The van der Waals surface area contributed by atoms with Crippen molar-refractivity contribution in [3.63, 3.8) is 0 Å². The number of carbonyl (C=O) groups is 1. The third kappa shape index (κ3) is 4.19. The lowest BCUT2D eigenvalue weighted by molar-refractivity contribution is -0.117. The number of aromatic nitrogens is 1. The van der Waals surface area contributed by atoms with Crippen LogP contribution < -0.4 is 15.4 Å². The van der Waals surface area contributed by atoms with Crippen molar-refractivity contribution in [2.75, 3.05) is 36.8 Å². The van der Waals surface area contributed by atoms with E-state index in [1.807, 2.05) is 0 Å². The van der Waals surface area contributed by atoms with Crippen LogP contribution in [0.5, 0.6) is 11.5 Å². The molecular weight excluding hydrogens is 347 g/mol. The number of halogens is 1. The van der Waals surface area contributed by atoms with Crippen LogP contribution in [-0.4, -0.2) is 42.0 Å². The zero-order chi connectivity index (χ0) is 18.6. The minimum atomic E-state index is -0.512. The van der Waals surface area contributed by atoms with Crippen LogP contribution in [0, 0.1) is 5.82 Å². The number of hydrogen-bond acceptors (Lipinski definition) is 5. The fourth-order valence-electron chi connectivity index (χ4n) is 3.57. The molecule has 0 radical (unpaired) electrons. The summed E-state index contributed by atoms with van der Waals surface area (Å²) in [6.07, 6.45) is 5.91. The maximum Gasteiger partial charge on any atom is 0.238 e. The third-order valence-electron chi connectivity index (χ3n) is 4.93. The number of piperidine rings is 1. The normalized spacial score (nSPS) is 16.5. The fraction of sp³-hybridized carbons (Fsp3) is 0.400. The highest BCUT2D eigenvalue weighted by Gasteiger charge is 2.18. The molecule has 2 N–H and O–H groups in total. The van der Waals surface area contributed by atoms with E-state index >= 15 is 0 Å². The molecule has 3 heterocycles. The van der Waals surface area contributed by atoms with E-state index in [0.29, 0.717) is 18.0 Å². The van der Waals surface area contributed by atoms with Crippen molar-refractivity contribution in [2.45, 2.75) is 25.7 Å². The van der Waals surface area contributed by atoms with E-state index in [-0.39, 0.29) is 11.7 Å². The molecule has 1 amide bonds. The number of amides is 1. The molecule has 1 fully saturated rings. The minimum Gasteiger partial charge on any atom is -0.454 e. The molecule has 27 heavy (non-hydrogen) atoms. The monoisotopic (exact) mass is 370 g/mol. The van der Waals surface area contributed by atoms with Crippen molar-refractivity contribution in [1.82, 2.24) is 9.88 Å². The predicted molar refractivity (Wildman–Crippen MR) is 102 cm³/mol. The van der Waals surface area contributed by atoms with E-state index < -0.39 is 5.82 Å². The summed E-state index contributed by atoms with van der Waals surface area (Å²) < 4.78 is 20.2. The summed E-state index contributed by atoms with van der Waals surface area (Å²) in [4.78, 5) is 18.5. The van der Waals surface area contributed by atoms with Gasteiger partial charge in [0.1, 0.15) is 11.6 Å². The van der Waals surface area contributed by atoms with Crippen molar-refractivity contribution >= 4 is 17.4 Å². The first-order valence-electron chi connectivity index (χ1n) is 9.40. The van der Waals surface area contributed by atoms with Gasteiger partial charge in [-0.2, -0.15) is 0 Å². The van der Waals surface area contributed by atoms with Crippen LogP contribution in [0.4, 0.5) is 15.9 Å². The summed E-state index contributed by atoms with van der Waals surface area (Å²) in [5.74, 6) is 0.884. The highest BCUT2D eigenvalue weighted by molar-refractivity contribution is 5.92. The SMILES string of the molecule is O=C(CN1CCCCC1)Nc1ccc(Oc2ccnc3c2CCN3)c(F)c1. The van der Waals surface area contributed by atoms with Crippen molar-refractivity contribution < 1.29 is 13.9 Å². The van der Waals surface area contributed by atoms with Crippen LogP contribution >= 0.6 is 0 Å². The average molecular weight is 370 g/mol. The van der Waals surface area contributed by atoms with Gasteiger partial charge in [-0.15, -0.1) is 0 Å². The molecule has 0 bridgehead atoms. The van der Waals surface area contributed by atoms with Crippen molar-refractivity contribution in [3.05, 3.63) is 41.8 Å². The summed E-state index contributed by atoms with van der Waals surface area (Å²) in [5.41, 5.74) is 1.39. The lowest BCUT2D eigenvalue weighted by Crippen LogP contribution is -2.36. The van der Waals surface area contributed by atoms with Crippen LogP contribution in [-0.2, 0) is 11.2 Å². The lowest BCUT2D eigenvalue weighted by atomic mass is 10.1. The zero-order valence-electron chi connectivity index (χ0n) is 15.1. The van der Waals surface area contributed by atoms with E-state index in [4.69, 9.17) is 4.74 Å². The Morgan fingerprint density at radius 1 is 1.22 bits per heavy atom. The highest BCUT2D eigenvalue weighted by atomic mass is 19.1. The number of fused-ring (bicyclic) bond motifs is 1. The topological polar surface area (TPSA) is 66.5 Å². The van der Waals surface area contributed by atoms with Crippen LogP contribution in [0.3, 0.4) is 0 Å². The second-order valence-corrected chi connectivity index (χ2v) is 6.95. The second-order valence-electron chi connectivity index (χ2n) is 6.95. The van der Waals surface area contributed by atoms with Gasteiger partial charge in [-0.1, -0.05) is 6.42 Å². The van der Waals surface area contributed by atoms with Gasteiger partial charge in [0, 0.05) is 30.1 Å². The molecule has 1 aromatic heterocycles. The molecule has 2 aliphatic heterocycles. The van der Waals surface area contributed by atoms with E-state index in [1.165, 1.54) is 12.5 Å². The van der Waals surface area contributed by atoms with Gasteiger partial charge >= 0.3 is 0 Å². The third-order valence-corrected chi connectivity index (χ3v) is 4.93. The Labute approximate surface area is 157 Å². The number of carbonyl (C=O) groups excluding carboxylic acids is 1. The molecule has 2 aliphatic rings. The number of nitrogens with one attached hydrogen (secondary N) is 2. The average Bonchev–Trinajstić information content (AvgIpc) is 3.14. The minimum absolute atomic E-state index is 0.122. The second kappa shape index (κ2) is 7.92. The molecular formula is C20H23FN4O2. The van der Waals surface area contributed by atoms with Crippen molar-refractivity contribution in [3.8, 4) is 11.5 Å². The van der Waals surface area contributed by atoms with Gasteiger partial charge in [0.25, 0.3) is 0 Å². The Hall–Kier alpha value is -2.67. The van der Waals surface area contributed by atoms with Gasteiger partial charge in [0.05, 0.1) is 6.54 Å². The van der Waals surface area contributed by atoms with Gasteiger partial charge in [0.15, 0.2) is 11.6 Å². The Morgan fingerprint density at radius 3 is 2.89 bits per heavy atom. The molecule has 0 saturated carbocycles. The molecule has 7 heteroatoms. The first-order valence-corrected chi connectivity index (χ1v) is 9.40. The predicted octanol–water partition coefficient (Wildman–Crippen LogP) is 3.41. The van der Waals surface area contributed by atoms with Crippen LogP contribution in [0.2, 0.25) is 0 Å². The van der Waals surface area contributed by atoms with Gasteiger partial charge in [-0.05, 0) is 50.6 Å². The number of likely N-dealkylation sites (tertiary alicyclic amines) is 1. The van der Waals surface area contributed by atoms with Gasteiger partial charge in [-0.25, -0.2) is 9.37 Å². The van der Waals surface area contributed by atoms with Crippen LogP contribution in [0.15, 0.2) is 30.5 Å². The van der Waals surface area contributed by atoms with Gasteiger partial charge in [0.2, 0.25) is 5.91 Å². The zero-order valence-corrected chi connectivity index (χ0v) is 15.1. The van der Waals surface area contributed by atoms with Gasteiger partial charge < -0.3 is 15.4 Å². The number of rotatable bonds is 5. The number of benzene rings is 1. The quantitative estimate of drug-likeness (QED) is 0.844. The Kier molecular flexibility index (Phi) is 5.20. The van der Waals surface area contributed by atoms with E-state index in [0.717, 1.165) is 50.3 Å². The maximum atomic E-state index is 14.5. The Morgan fingerprint density at radius 2 is 2.07 bits per heavy atom. The van der Waals surface area contributed by atoms with Crippen LogP contribution in [0.25, 0.3) is 0 Å². The number of hydrogen-bond donors (Lipinski definition) is 2. The molecule has 0 unspecified atom stereocenters. The summed E-state index contributed by atoms with van der Waals surface area (Å²) in [5, 5.41) is 5.94. The number of ether oxygens (including phenoxy) is 1. The molecule has 1 aromatic carbocycles. The number of anilines is 2.